The van der Waals surface area contributed by atoms with Crippen molar-refractivity contribution in [2.45, 2.75) is 26.4 Å². The first-order chi connectivity index (χ1) is 10.6. The van der Waals surface area contributed by atoms with E-state index in [1.807, 2.05) is 24.9 Å². The van der Waals surface area contributed by atoms with Gasteiger partial charge in [0.15, 0.2) is 11.7 Å². The predicted molar refractivity (Wildman–Crippen MR) is 83.9 cm³/mol. The van der Waals surface area contributed by atoms with Crippen molar-refractivity contribution in [1.82, 2.24) is 15.4 Å². The van der Waals surface area contributed by atoms with Crippen LogP contribution >= 0.6 is 0 Å². The highest BCUT2D eigenvalue weighted by Crippen LogP contribution is 2.07. The zero-order chi connectivity index (χ0) is 15.9. The molecule has 1 aromatic carbocycles. The quantitative estimate of drug-likeness (QED) is 0.681. The van der Waals surface area contributed by atoms with E-state index in [-0.39, 0.29) is 5.82 Å². The van der Waals surface area contributed by atoms with Crippen LogP contribution in [0.25, 0.3) is 0 Å². The molecule has 1 aromatic heterocycles. The lowest BCUT2D eigenvalue weighted by Crippen LogP contribution is -2.37. The van der Waals surface area contributed by atoms with Crippen molar-refractivity contribution >= 4 is 5.96 Å². The molecule has 0 unspecified atom stereocenters. The molecule has 0 fully saturated rings. The molecule has 0 amide bonds. The van der Waals surface area contributed by atoms with Crippen LogP contribution in [0.15, 0.2) is 39.8 Å². The molecule has 118 valence electrons. The predicted octanol–water partition coefficient (Wildman–Crippen LogP) is 2.58. The van der Waals surface area contributed by atoms with E-state index in [9.17, 15) is 4.39 Å². The summed E-state index contributed by atoms with van der Waals surface area (Å²) in [5.41, 5.74) is 1.95. The molecule has 22 heavy (non-hydrogen) atoms. The zero-order valence-corrected chi connectivity index (χ0v) is 13.1. The van der Waals surface area contributed by atoms with Crippen LogP contribution in [-0.4, -0.2) is 30.1 Å². The molecule has 0 saturated carbocycles. The number of benzene rings is 1. The van der Waals surface area contributed by atoms with Crippen LogP contribution in [0.5, 0.6) is 0 Å². The second kappa shape index (κ2) is 7.59. The van der Waals surface area contributed by atoms with Crippen molar-refractivity contribution in [2.24, 2.45) is 4.99 Å². The number of rotatable bonds is 5. The maximum atomic E-state index is 12.9. The Kier molecular flexibility index (Phi) is 5.52. The lowest BCUT2D eigenvalue weighted by atomic mass is 10.2. The fraction of sp³-hybridized carbons (Fsp3) is 0.375. The minimum atomic E-state index is -0.231. The van der Waals surface area contributed by atoms with Gasteiger partial charge in [0.25, 0.3) is 0 Å². The third-order valence-electron chi connectivity index (χ3n) is 3.30. The average Bonchev–Trinajstić information content (AvgIpc) is 2.98. The third-order valence-corrected chi connectivity index (χ3v) is 3.30. The maximum absolute atomic E-state index is 12.9. The van der Waals surface area contributed by atoms with E-state index in [1.54, 1.807) is 19.2 Å². The van der Waals surface area contributed by atoms with E-state index in [1.165, 1.54) is 12.1 Å². The smallest absolute Gasteiger partial charge is 0.194 e. The first-order valence-electron chi connectivity index (χ1n) is 7.23. The van der Waals surface area contributed by atoms with Crippen LogP contribution in [0.4, 0.5) is 4.39 Å². The van der Waals surface area contributed by atoms with Gasteiger partial charge < -0.3 is 14.7 Å². The summed E-state index contributed by atoms with van der Waals surface area (Å²) in [5.74, 6) is 1.28. The van der Waals surface area contributed by atoms with Gasteiger partial charge in [0.05, 0.1) is 12.2 Å². The fourth-order valence-electron chi connectivity index (χ4n) is 2.10. The van der Waals surface area contributed by atoms with E-state index >= 15 is 0 Å². The number of hydrogen-bond donors (Lipinski definition) is 1. The Morgan fingerprint density at radius 3 is 2.68 bits per heavy atom. The minimum Gasteiger partial charge on any atom is -0.359 e. The maximum Gasteiger partial charge on any atom is 0.194 e. The normalized spacial score (nSPS) is 11.5. The number of nitrogens with zero attached hydrogens (tertiary/aromatic N) is 3. The number of guanidine groups is 1. The summed E-state index contributed by atoms with van der Waals surface area (Å²) in [6.45, 7) is 3.19. The molecule has 0 bridgehead atoms. The zero-order valence-electron chi connectivity index (χ0n) is 13.1. The molecule has 0 spiro atoms. The molecular formula is C16H21FN4O. The van der Waals surface area contributed by atoms with Gasteiger partial charge in [-0.05, 0) is 24.1 Å². The second-order valence-electron chi connectivity index (χ2n) is 5.02. The van der Waals surface area contributed by atoms with Gasteiger partial charge in [-0.15, -0.1) is 0 Å². The lowest BCUT2D eigenvalue weighted by molar-refractivity contribution is 0.371. The molecule has 0 saturated heterocycles. The molecule has 2 rings (SSSR count). The van der Waals surface area contributed by atoms with Gasteiger partial charge >= 0.3 is 0 Å². The molecular weight excluding hydrogens is 283 g/mol. The number of nitrogens with one attached hydrogen (secondary N) is 1. The van der Waals surface area contributed by atoms with Gasteiger partial charge in [-0.3, -0.25) is 4.99 Å². The molecule has 0 aliphatic heterocycles. The Bertz CT molecular complexity index is 621. The second-order valence-corrected chi connectivity index (χ2v) is 5.02. The summed E-state index contributed by atoms with van der Waals surface area (Å²) in [6, 6.07) is 8.38. The van der Waals surface area contributed by atoms with Crippen molar-refractivity contribution in [2.75, 3.05) is 14.1 Å². The number of halogens is 1. The Hall–Kier alpha value is -2.37. The Labute approximate surface area is 129 Å². The van der Waals surface area contributed by atoms with Gasteiger partial charge in [0.1, 0.15) is 5.82 Å². The first kappa shape index (κ1) is 16.0. The minimum absolute atomic E-state index is 0.231. The Balaban J connectivity index is 1.91. The van der Waals surface area contributed by atoms with E-state index in [0.717, 1.165) is 29.4 Å². The Morgan fingerprint density at radius 1 is 1.36 bits per heavy atom. The van der Waals surface area contributed by atoms with E-state index in [2.05, 4.69) is 15.5 Å². The summed E-state index contributed by atoms with van der Waals surface area (Å²) in [5, 5.41) is 7.18. The van der Waals surface area contributed by atoms with E-state index < -0.39 is 0 Å². The number of aromatic nitrogens is 1. The largest absolute Gasteiger partial charge is 0.359 e. The summed E-state index contributed by atoms with van der Waals surface area (Å²) in [6.07, 6.45) is 0.850. The molecule has 0 radical (unpaired) electrons. The lowest BCUT2D eigenvalue weighted by Gasteiger charge is -2.21. The van der Waals surface area contributed by atoms with Gasteiger partial charge in [-0.25, -0.2) is 4.39 Å². The van der Waals surface area contributed by atoms with Gasteiger partial charge in [-0.2, -0.15) is 0 Å². The van der Waals surface area contributed by atoms with E-state index in [0.29, 0.717) is 13.1 Å². The average molecular weight is 304 g/mol. The van der Waals surface area contributed by atoms with Crippen LogP contribution in [0, 0.1) is 5.82 Å². The van der Waals surface area contributed by atoms with Crippen LogP contribution in [-0.2, 0) is 19.5 Å². The number of aryl methyl sites for hydroxylation is 1. The molecule has 0 aliphatic carbocycles. The van der Waals surface area contributed by atoms with Gasteiger partial charge in [-0.1, -0.05) is 24.2 Å². The highest BCUT2D eigenvalue weighted by atomic mass is 19.1. The van der Waals surface area contributed by atoms with Crippen LogP contribution in [0.1, 0.15) is 23.9 Å². The number of aliphatic imine (C=N–C) groups is 1. The fourth-order valence-corrected chi connectivity index (χ4v) is 2.10. The summed E-state index contributed by atoms with van der Waals surface area (Å²) >= 11 is 0. The summed E-state index contributed by atoms with van der Waals surface area (Å²) in [4.78, 5) is 6.20. The van der Waals surface area contributed by atoms with Crippen molar-refractivity contribution in [3.05, 3.63) is 53.2 Å². The van der Waals surface area contributed by atoms with Crippen LogP contribution < -0.4 is 5.32 Å². The van der Waals surface area contributed by atoms with Crippen LogP contribution in [0.2, 0.25) is 0 Å². The van der Waals surface area contributed by atoms with Crippen LogP contribution in [0.3, 0.4) is 0 Å². The molecule has 0 atom stereocenters. The molecule has 5 nitrogen and oxygen atoms in total. The van der Waals surface area contributed by atoms with Crippen molar-refractivity contribution in [3.8, 4) is 0 Å². The van der Waals surface area contributed by atoms with Crippen molar-refractivity contribution in [1.29, 1.82) is 0 Å². The van der Waals surface area contributed by atoms with E-state index in [4.69, 9.17) is 4.52 Å². The van der Waals surface area contributed by atoms with Gasteiger partial charge in [0, 0.05) is 26.7 Å². The first-order valence-corrected chi connectivity index (χ1v) is 7.23. The van der Waals surface area contributed by atoms with Crippen molar-refractivity contribution < 1.29 is 8.91 Å². The standard InChI is InChI=1S/C16H21FN4O/c1-4-14-9-15(22-20-14)10-19-16(18-2)21(3)11-12-5-7-13(17)8-6-12/h5-9H,4,10-11H2,1-3H3,(H,18,19). The SMILES string of the molecule is CCc1cc(CNC(=NC)N(C)Cc2ccc(F)cc2)on1. The van der Waals surface area contributed by atoms with Crippen molar-refractivity contribution in [3.63, 3.8) is 0 Å². The summed E-state index contributed by atoms with van der Waals surface area (Å²) in [7, 11) is 3.65. The monoisotopic (exact) mass is 304 g/mol. The molecule has 0 aliphatic rings. The Morgan fingerprint density at radius 2 is 2.09 bits per heavy atom. The molecule has 1 heterocycles. The third kappa shape index (κ3) is 4.31. The summed E-state index contributed by atoms with van der Waals surface area (Å²) < 4.78 is 18.2. The van der Waals surface area contributed by atoms with Gasteiger partial charge in [0.2, 0.25) is 0 Å². The number of hydrogen-bond acceptors (Lipinski definition) is 3. The molecule has 2 aromatic rings. The molecule has 6 heteroatoms. The topological polar surface area (TPSA) is 53.7 Å². The highest BCUT2D eigenvalue weighted by molar-refractivity contribution is 5.79. The molecule has 1 N–H and O–H groups in total. The highest BCUT2D eigenvalue weighted by Gasteiger charge is 2.09.